The van der Waals surface area contributed by atoms with Crippen LogP contribution in [0.4, 0.5) is 11.5 Å². The van der Waals surface area contributed by atoms with Gasteiger partial charge in [-0.1, -0.05) is 28.9 Å². The maximum atomic E-state index is 12.3. The summed E-state index contributed by atoms with van der Waals surface area (Å²) < 4.78 is 31.8. The molecule has 0 radical (unpaired) electrons. The summed E-state index contributed by atoms with van der Waals surface area (Å²) in [4.78, 5) is 12.2. The normalized spacial score (nSPS) is 11.2. The summed E-state index contributed by atoms with van der Waals surface area (Å²) in [6.45, 7) is 1.72. The zero-order valence-corrected chi connectivity index (χ0v) is 15.8. The Bertz CT molecular complexity index is 1060. The van der Waals surface area contributed by atoms with Crippen LogP contribution in [0.15, 0.2) is 64.0 Å². The number of hydrogen-bond donors (Lipinski definition) is 2. The predicted octanol–water partition coefficient (Wildman–Crippen LogP) is 3.73. The first-order valence-corrected chi connectivity index (χ1v) is 9.78. The molecule has 2 N–H and O–H groups in total. The van der Waals surface area contributed by atoms with Crippen molar-refractivity contribution >= 4 is 38.9 Å². The van der Waals surface area contributed by atoms with Gasteiger partial charge < -0.3 is 9.84 Å². The molecule has 7 nitrogen and oxygen atoms in total. The number of anilines is 2. The molecule has 3 aromatic rings. The van der Waals surface area contributed by atoms with Crippen LogP contribution in [0.5, 0.6) is 0 Å². The van der Waals surface area contributed by atoms with Crippen LogP contribution in [0.25, 0.3) is 0 Å². The smallest absolute Gasteiger partial charge is 0.263 e. The van der Waals surface area contributed by atoms with Gasteiger partial charge in [-0.3, -0.25) is 9.52 Å². The van der Waals surface area contributed by atoms with E-state index in [1.165, 1.54) is 18.2 Å². The average molecular weight is 406 g/mol. The Balaban J connectivity index is 1.63. The summed E-state index contributed by atoms with van der Waals surface area (Å²) in [5, 5.41) is 7.05. The summed E-state index contributed by atoms with van der Waals surface area (Å²) in [6, 6.07) is 14.2. The lowest BCUT2D eigenvalue weighted by atomic mass is 10.1. The number of benzene rings is 2. The maximum absolute atomic E-state index is 12.3. The van der Waals surface area contributed by atoms with Crippen molar-refractivity contribution in [3.63, 3.8) is 0 Å². The number of carbonyl (C=O) groups is 1. The van der Waals surface area contributed by atoms with Crippen LogP contribution >= 0.6 is 11.6 Å². The second-order valence-electron chi connectivity index (χ2n) is 5.74. The van der Waals surface area contributed by atoms with E-state index in [4.69, 9.17) is 16.1 Å². The molecule has 1 aromatic heterocycles. The van der Waals surface area contributed by atoms with Crippen molar-refractivity contribution in [2.24, 2.45) is 0 Å². The second kappa shape index (κ2) is 7.81. The van der Waals surface area contributed by atoms with Crippen LogP contribution in [0.1, 0.15) is 16.1 Å². The molecule has 2 aromatic carbocycles. The van der Waals surface area contributed by atoms with Gasteiger partial charge in [0.15, 0.2) is 11.6 Å². The number of rotatable bonds is 7. The fraction of sp³-hybridized carbons (Fsp3) is 0.111. The van der Waals surface area contributed by atoms with Crippen LogP contribution in [0.2, 0.25) is 5.02 Å². The van der Waals surface area contributed by atoms with Gasteiger partial charge in [-0.25, -0.2) is 8.42 Å². The van der Waals surface area contributed by atoms with E-state index in [2.05, 4.69) is 15.2 Å². The minimum absolute atomic E-state index is 0.0584. The molecular formula is C18H16ClN3O4S. The van der Waals surface area contributed by atoms with Gasteiger partial charge in [0, 0.05) is 22.3 Å². The Hall–Kier alpha value is -2.84. The molecule has 1 heterocycles. The standard InChI is InChI=1S/C18H16ClN3O4S/c1-12-9-18(21-26-12)22-27(24,25)16-7-5-15(6-8-16)20-11-17(23)13-3-2-4-14(19)10-13/h2-10,20H,11H2,1H3,(H,21,22). The molecule has 0 fully saturated rings. The maximum Gasteiger partial charge on any atom is 0.263 e. The lowest BCUT2D eigenvalue weighted by molar-refractivity contribution is 0.101. The highest BCUT2D eigenvalue weighted by Crippen LogP contribution is 2.18. The highest BCUT2D eigenvalue weighted by Gasteiger charge is 2.16. The minimum atomic E-state index is -3.78. The number of nitrogens with zero attached hydrogens (tertiary/aromatic N) is 1. The SMILES string of the molecule is Cc1cc(NS(=O)(=O)c2ccc(NCC(=O)c3cccc(Cl)c3)cc2)no1. The third kappa shape index (κ3) is 4.87. The molecular weight excluding hydrogens is 390 g/mol. The van der Waals surface area contributed by atoms with Crippen molar-refractivity contribution in [1.82, 2.24) is 5.16 Å². The van der Waals surface area contributed by atoms with E-state index in [0.717, 1.165) is 0 Å². The van der Waals surface area contributed by atoms with Crippen LogP contribution < -0.4 is 10.0 Å². The Kier molecular flexibility index (Phi) is 5.48. The number of aromatic nitrogens is 1. The predicted molar refractivity (Wildman–Crippen MR) is 103 cm³/mol. The van der Waals surface area contributed by atoms with Gasteiger partial charge in [0.1, 0.15) is 5.76 Å². The molecule has 9 heteroatoms. The Morgan fingerprint density at radius 3 is 2.52 bits per heavy atom. The van der Waals surface area contributed by atoms with Crippen LogP contribution in [0.3, 0.4) is 0 Å². The quantitative estimate of drug-likeness (QED) is 0.581. The summed E-state index contributed by atoms with van der Waals surface area (Å²) in [5.41, 5.74) is 1.11. The van der Waals surface area contributed by atoms with E-state index in [1.807, 2.05) is 0 Å². The first kappa shape index (κ1) is 18.9. The molecule has 0 aliphatic rings. The molecule has 0 spiro atoms. The first-order chi connectivity index (χ1) is 12.8. The molecule has 3 rings (SSSR count). The molecule has 0 saturated heterocycles. The number of Topliss-reactive ketones (excluding diaryl/α,β-unsaturated/α-hetero) is 1. The Labute approximate surface area is 161 Å². The van der Waals surface area contributed by atoms with Crippen molar-refractivity contribution in [2.45, 2.75) is 11.8 Å². The topological polar surface area (TPSA) is 101 Å². The highest BCUT2D eigenvalue weighted by molar-refractivity contribution is 7.92. The van der Waals surface area contributed by atoms with E-state index >= 15 is 0 Å². The average Bonchev–Trinajstić information content (AvgIpc) is 3.04. The monoisotopic (exact) mass is 405 g/mol. The largest absolute Gasteiger partial charge is 0.378 e. The summed E-state index contributed by atoms with van der Waals surface area (Å²) >= 11 is 5.88. The molecule has 0 aliphatic heterocycles. The number of sulfonamides is 1. The van der Waals surface area contributed by atoms with Gasteiger partial charge >= 0.3 is 0 Å². The van der Waals surface area contributed by atoms with Crippen LogP contribution in [-0.4, -0.2) is 25.9 Å². The fourth-order valence-corrected chi connectivity index (χ4v) is 3.48. The van der Waals surface area contributed by atoms with Crippen LogP contribution in [0, 0.1) is 6.92 Å². The summed E-state index contributed by atoms with van der Waals surface area (Å²) in [5.74, 6) is 0.482. The summed E-state index contributed by atoms with van der Waals surface area (Å²) in [7, 11) is -3.78. The zero-order chi connectivity index (χ0) is 19.4. The number of aryl methyl sites for hydroxylation is 1. The lowest BCUT2D eigenvalue weighted by Crippen LogP contribution is -2.15. The van der Waals surface area contributed by atoms with Gasteiger partial charge in [-0.15, -0.1) is 0 Å². The van der Waals surface area contributed by atoms with E-state index in [1.54, 1.807) is 43.3 Å². The second-order valence-corrected chi connectivity index (χ2v) is 7.86. The van der Waals surface area contributed by atoms with Crippen molar-refractivity contribution in [3.8, 4) is 0 Å². The van der Waals surface area contributed by atoms with Gasteiger partial charge in [-0.05, 0) is 43.3 Å². The highest BCUT2D eigenvalue weighted by atomic mass is 35.5. The number of halogens is 1. The third-order valence-corrected chi connectivity index (χ3v) is 5.24. The molecule has 0 atom stereocenters. The Morgan fingerprint density at radius 2 is 1.89 bits per heavy atom. The number of carbonyl (C=O) groups excluding carboxylic acids is 1. The zero-order valence-electron chi connectivity index (χ0n) is 14.3. The molecule has 0 aliphatic carbocycles. The van der Waals surface area contributed by atoms with E-state index in [9.17, 15) is 13.2 Å². The summed E-state index contributed by atoms with van der Waals surface area (Å²) in [6.07, 6.45) is 0. The van der Waals surface area contributed by atoms with Crippen molar-refractivity contribution in [2.75, 3.05) is 16.6 Å². The van der Waals surface area contributed by atoms with Gasteiger partial charge in [0.2, 0.25) is 0 Å². The third-order valence-electron chi connectivity index (χ3n) is 3.63. The Morgan fingerprint density at radius 1 is 1.15 bits per heavy atom. The molecule has 0 unspecified atom stereocenters. The van der Waals surface area contributed by atoms with Gasteiger partial charge in [-0.2, -0.15) is 0 Å². The minimum Gasteiger partial charge on any atom is -0.378 e. The van der Waals surface area contributed by atoms with Crippen molar-refractivity contribution in [3.05, 3.63) is 70.9 Å². The number of ketones is 1. The molecule has 140 valence electrons. The molecule has 27 heavy (non-hydrogen) atoms. The van der Waals surface area contributed by atoms with E-state index in [-0.39, 0.29) is 23.0 Å². The first-order valence-electron chi connectivity index (χ1n) is 7.92. The lowest BCUT2D eigenvalue weighted by Gasteiger charge is -2.08. The van der Waals surface area contributed by atoms with E-state index in [0.29, 0.717) is 22.0 Å². The molecule has 0 amide bonds. The van der Waals surface area contributed by atoms with Gasteiger partial charge in [0.25, 0.3) is 10.0 Å². The van der Waals surface area contributed by atoms with Gasteiger partial charge in [0.05, 0.1) is 11.4 Å². The number of hydrogen-bond acceptors (Lipinski definition) is 6. The number of nitrogens with one attached hydrogen (secondary N) is 2. The fourth-order valence-electron chi connectivity index (χ4n) is 2.31. The van der Waals surface area contributed by atoms with Crippen molar-refractivity contribution < 1.29 is 17.7 Å². The van der Waals surface area contributed by atoms with Crippen molar-refractivity contribution in [1.29, 1.82) is 0 Å². The van der Waals surface area contributed by atoms with E-state index < -0.39 is 10.0 Å². The van der Waals surface area contributed by atoms with Crippen LogP contribution in [-0.2, 0) is 10.0 Å². The molecule has 0 bridgehead atoms. The molecule has 0 saturated carbocycles.